The van der Waals surface area contributed by atoms with Gasteiger partial charge in [-0.05, 0) is 47.9 Å². The third-order valence-corrected chi connectivity index (χ3v) is 5.79. The molecule has 1 amide bonds. The first-order valence-corrected chi connectivity index (χ1v) is 11.9. The summed E-state index contributed by atoms with van der Waals surface area (Å²) in [6, 6.07) is 27.6. The highest BCUT2D eigenvalue weighted by Crippen LogP contribution is 2.22. The van der Waals surface area contributed by atoms with Gasteiger partial charge in [0, 0.05) is 38.8 Å². The Morgan fingerprint density at radius 3 is 2.38 bits per heavy atom. The van der Waals surface area contributed by atoms with E-state index in [1.807, 2.05) is 95.9 Å². The average Bonchev–Trinajstić information content (AvgIpc) is 2.89. The van der Waals surface area contributed by atoms with Crippen LogP contribution in [0.2, 0.25) is 0 Å². The van der Waals surface area contributed by atoms with E-state index >= 15 is 0 Å². The number of nitrogens with zero attached hydrogens (tertiary/aromatic N) is 2. The third-order valence-electron chi connectivity index (χ3n) is 5.79. The largest absolute Gasteiger partial charge is 0.457 e. The molecular formula is C29H32N2O3. The Balaban J connectivity index is 1.42. The monoisotopic (exact) mass is 456 g/mol. The van der Waals surface area contributed by atoms with Gasteiger partial charge in [0.15, 0.2) is 0 Å². The molecule has 0 bridgehead atoms. The minimum Gasteiger partial charge on any atom is -0.457 e. The van der Waals surface area contributed by atoms with Crippen LogP contribution in [0.4, 0.5) is 0 Å². The average molecular weight is 457 g/mol. The Bertz CT molecular complexity index is 1050. The number of rotatable bonds is 10. The first-order chi connectivity index (χ1) is 16.8. The van der Waals surface area contributed by atoms with Gasteiger partial charge in [0.05, 0.1) is 13.2 Å². The van der Waals surface area contributed by atoms with Crippen molar-refractivity contribution in [2.24, 2.45) is 0 Å². The Morgan fingerprint density at radius 1 is 0.912 bits per heavy atom. The molecule has 3 aromatic rings. The fourth-order valence-electron chi connectivity index (χ4n) is 3.97. The Hall–Kier alpha value is -3.41. The molecule has 0 radical (unpaired) electrons. The SMILES string of the molecule is O=C(/C=C/c1ccccc1)N(CCCN1CCOCC1)Cc1cccc(Oc2ccccc2)c1. The van der Waals surface area contributed by atoms with Gasteiger partial charge >= 0.3 is 0 Å². The number of hydrogen-bond acceptors (Lipinski definition) is 4. The summed E-state index contributed by atoms with van der Waals surface area (Å²) in [5, 5.41) is 0. The summed E-state index contributed by atoms with van der Waals surface area (Å²) in [4.78, 5) is 17.5. The van der Waals surface area contributed by atoms with Gasteiger partial charge < -0.3 is 14.4 Å². The number of carbonyl (C=O) groups excluding carboxylic acids is 1. The van der Waals surface area contributed by atoms with Crippen LogP contribution >= 0.6 is 0 Å². The molecule has 1 fully saturated rings. The maximum absolute atomic E-state index is 13.2. The highest BCUT2D eigenvalue weighted by molar-refractivity contribution is 5.91. The zero-order valence-electron chi connectivity index (χ0n) is 19.5. The van der Waals surface area contributed by atoms with Crippen molar-refractivity contribution in [2.45, 2.75) is 13.0 Å². The van der Waals surface area contributed by atoms with Gasteiger partial charge in [-0.25, -0.2) is 0 Å². The summed E-state index contributed by atoms with van der Waals surface area (Å²) in [6.45, 7) is 5.69. The number of para-hydroxylation sites is 1. The van der Waals surface area contributed by atoms with E-state index in [0.717, 1.165) is 61.9 Å². The van der Waals surface area contributed by atoms with Crippen molar-refractivity contribution in [3.63, 3.8) is 0 Å². The maximum atomic E-state index is 13.2. The van der Waals surface area contributed by atoms with Gasteiger partial charge in [0.25, 0.3) is 0 Å². The van der Waals surface area contributed by atoms with E-state index in [-0.39, 0.29) is 5.91 Å². The molecular weight excluding hydrogens is 424 g/mol. The van der Waals surface area contributed by atoms with E-state index in [4.69, 9.17) is 9.47 Å². The lowest BCUT2D eigenvalue weighted by Gasteiger charge is -2.28. The summed E-state index contributed by atoms with van der Waals surface area (Å²) in [6.07, 6.45) is 4.48. The van der Waals surface area contributed by atoms with Gasteiger partial charge in [0.1, 0.15) is 11.5 Å². The standard InChI is InChI=1S/C29H32N2O3/c32-29(16-15-25-9-3-1-4-10-25)31(18-8-17-30-19-21-33-22-20-30)24-26-11-7-14-28(23-26)34-27-12-5-2-6-13-27/h1-7,9-16,23H,8,17-22,24H2/b16-15+. The number of benzene rings is 3. The quantitative estimate of drug-likeness (QED) is 0.391. The van der Waals surface area contributed by atoms with Gasteiger partial charge in [-0.3, -0.25) is 9.69 Å². The molecule has 1 aliphatic heterocycles. The molecule has 1 heterocycles. The first-order valence-electron chi connectivity index (χ1n) is 11.9. The fraction of sp³-hybridized carbons (Fsp3) is 0.276. The zero-order chi connectivity index (χ0) is 23.4. The summed E-state index contributed by atoms with van der Waals surface area (Å²) in [7, 11) is 0. The lowest BCUT2D eigenvalue weighted by Crippen LogP contribution is -2.38. The minimum absolute atomic E-state index is 0.0141. The second kappa shape index (κ2) is 12.7. The fourth-order valence-corrected chi connectivity index (χ4v) is 3.97. The molecule has 1 aliphatic rings. The van der Waals surface area contributed by atoms with Crippen LogP contribution in [-0.4, -0.2) is 55.1 Å². The van der Waals surface area contributed by atoms with E-state index in [1.165, 1.54) is 0 Å². The van der Waals surface area contributed by atoms with E-state index < -0.39 is 0 Å². The summed E-state index contributed by atoms with van der Waals surface area (Å²) < 4.78 is 11.4. The molecule has 34 heavy (non-hydrogen) atoms. The molecule has 0 N–H and O–H groups in total. The van der Waals surface area contributed by atoms with Crippen LogP contribution in [0.3, 0.4) is 0 Å². The summed E-state index contributed by atoms with van der Waals surface area (Å²) >= 11 is 0. The normalized spacial score (nSPS) is 14.2. The molecule has 5 heteroatoms. The number of morpholine rings is 1. The van der Waals surface area contributed by atoms with Gasteiger partial charge in [-0.1, -0.05) is 60.7 Å². The predicted molar refractivity (Wildman–Crippen MR) is 136 cm³/mol. The molecule has 5 nitrogen and oxygen atoms in total. The van der Waals surface area contributed by atoms with E-state index in [1.54, 1.807) is 6.08 Å². The molecule has 3 aromatic carbocycles. The lowest BCUT2D eigenvalue weighted by molar-refractivity contribution is -0.126. The summed E-state index contributed by atoms with van der Waals surface area (Å²) in [5.41, 5.74) is 2.06. The Morgan fingerprint density at radius 2 is 1.62 bits per heavy atom. The van der Waals surface area contributed by atoms with Crippen molar-refractivity contribution in [1.29, 1.82) is 0 Å². The number of carbonyl (C=O) groups is 1. The second-order valence-electron chi connectivity index (χ2n) is 8.37. The Labute approximate surface area is 202 Å². The molecule has 0 atom stereocenters. The van der Waals surface area contributed by atoms with Crippen molar-refractivity contribution in [3.8, 4) is 11.5 Å². The van der Waals surface area contributed by atoms with Crippen molar-refractivity contribution >= 4 is 12.0 Å². The summed E-state index contributed by atoms with van der Waals surface area (Å²) in [5.74, 6) is 1.58. The van der Waals surface area contributed by atoms with Crippen LogP contribution in [0.15, 0.2) is 91.0 Å². The third kappa shape index (κ3) is 7.58. The van der Waals surface area contributed by atoms with Crippen molar-refractivity contribution in [3.05, 3.63) is 102 Å². The van der Waals surface area contributed by atoms with Crippen molar-refractivity contribution in [2.75, 3.05) is 39.4 Å². The van der Waals surface area contributed by atoms with Crippen LogP contribution in [0.25, 0.3) is 6.08 Å². The van der Waals surface area contributed by atoms with Gasteiger partial charge in [0.2, 0.25) is 5.91 Å². The molecule has 0 aromatic heterocycles. The van der Waals surface area contributed by atoms with E-state index in [2.05, 4.69) is 4.90 Å². The van der Waals surface area contributed by atoms with Gasteiger partial charge in [-0.2, -0.15) is 0 Å². The van der Waals surface area contributed by atoms with E-state index in [9.17, 15) is 4.79 Å². The van der Waals surface area contributed by atoms with Crippen LogP contribution in [-0.2, 0) is 16.1 Å². The zero-order valence-corrected chi connectivity index (χ0v) is 19.5. The van der Waals surface area contributed by atoms with Crippen LogP contribution < -0.4 is 4.74 Å². The smallest absolute Gasteiger partial charge is 0.246 e. The second-order valence-corrected chi connectivity index (χ2v) is 8.37. The lowest BCUT2D eigenvalue weighted by atomic mass is 10.1. The minimum atomic E-state index is 0.0141. The highest BCUT2D eigenvalue weighted by atomic mass is 16.5. The molecule has 0 spiro atoms. The van der Waals surface area contributed by atoms with Gasteiger partial charge in [-0.15, -0.1) is 0 Å². The van der Waals surface area contributed by atoms with E-state index in [0.29, 0.717) is 13.1 Å². The maximum Gasteiger partial charge on any atom is 0.246 e. The van der Waals surface area contributed by atoms with Crippen LogP contribution in [0.5, 0.6) is 11.5 Å². The van der Waals surface area contributed by atoms with Crippen molar-refractivity contribution < 1.29 is 14.3 Å². The number of ether oxygens (including phenoxy) is 2. The van der Waals surface area contributed by atoms with Crippen molar-refractivity contribution in [1.82, 2.24) is 9.80 Å². The Kier molecular flexibility index (Phi) is 8.89. The highest BCUT2D eigenvalue weighted by Gasteiger charge is 2.15. The molecule has 4 rings (SSSR count). The molecule has 0 aliphatic carbocycles. The predicted octanol–water partition coefficient (Wildman–Crippen LogP) is 5.24. The van der Waals surface area contributed by atoms with Crippen LogP contribution in [0, 0.1) is 0 Å². The molecule has 0 saturated carbocycles. The van der Waals surface area contributed by atoms with Crippen LogP contribution in [0.1, 0.15) is 17.5 Å². The number of amides is 1. The topological polar surface area (TPSA) is 42.0 Å². The molecule has 0 unspecified atom stereocenters. The molecule has 176 valence electrons. The first kappa shape index (κ1) is 23.7. The molecule has 1 saturated heterocycles. The number of hydrogen-bond donors (Lipinski definition) is 0.